The number of aromatic nitrogens is 2. The van der Waals surface area contributed by atoms with E-state index in [1.165, 1.54) is 12.3 Å². The summed E-state index contributed by atoms with van der Waals surface area (Å²) in [5.41, 5.74) is 1.16. The Morgan fingerprint density at radius 1 is 1.48 bits per heavy atom. The van der Waals surface area contributed by atoms with Crippen LogP contribution in [-0.4, -0.2) is 21.6 Å². The lowest BCUT2D eigenvalue weighted by atomic mass is 9.99. The van der Waals surface area contributed by atoms with Crippen LogP contribution in [-0.2, 0) is 11.3 Å². The zero-order valence-electron chi connectivity index (χ0n) is 14.5. The number of benzene rings is 1. The van der Waals surface area contributed by atoms with Gasteiger partial charge in [-0.05, 0) is 43.0 Å². The van der Waals surface area contributed by atoms with Gasteiger partial charge in [-0.15, -0.1) is 0 Å². The van der Waals surface area contributed by atoms with Crippen molar-refractivity contribution in [2.45, 2.75) is 26.1 Å². The third-order valence-corrected chi connectivity index (χ3v) is 4.82. The Morgan fingerprint density at radius 2 is 2.26 bits per heavy atom. The molecule has 1 N–H and O–H groups in total. The SMILES string of the molecule is CCn1cccc1-c1cc2cc(NC(=O)C3CC3F)ncc2c(F)c1C#N. The molecule has 136 valence electrons. The molecular weight excluding hydrogens is 350 g/mol. The van der Waals surface area contributed by atoms with E-state index in [2.05, 4.69) is 10.3 Å². The third kappa shape index (κ3) is 2.93. The molecule has 27 heavy (non-hydrogen) atoms. The number of pyridine rings is 1. The molecule has 2 atom stereocenters. The van der Waals surface area contributed by atoms with Gasteiger partial charge in [0, 0.05) is 35.6 Å². The average molecular weight is 366 g/mol. The Hall–Kier alpha value is -3.27. The second kappa shape index (κ2) is 6.47. The number of nitrogens with one attached hydrogen (secondary N) is 1. The van der Waals surface area contributed by atoms with Crippen LogP contribution in [0.3, 0.4) is 0 Å². The molecule has 2 heterocycles. The first-order valence-electron chi connectivity index (χ1n) is 8.66. The number of fused-ring (bicyclic) bond motifs is 1. The molecule has 1 amide bonds. The predicted octanol–water partition coefficient (Wildman–Crippen LogP) is 4.03. The molecule has 2 unspecified atom stereocenters. The summed E-state index contributed by atoms with van der Waals surface area (Å²) in [6.07, 6.45) is 2.26. The van der Waals surface area contributed by atoms with Crippen molar-refractivity contribution in [1.82, 2.24) is 9.55 Å². The number of halogens is 2. The highest BCUT2D eigenvalue weighted by molar-refractivity contribution is 5.97. The summed E-state index contributed by atoms with van der Waals surface area (Å²) in [7, 11) is 0. The van der Waals surface area contributed by atoms with Crippen molar-refractivity contribution in [2.24, 2.45) is 5.92 Å². The van der Waals surface area contributed by atoms with E-state index in [-0.39, 0.29) is 23.2 Å². The van der Waals surface area contributed by atoms with Gasteiger partial charge >= 0.3 is 0 Å². The minimum atomic E-state index is -1.10. The Bertz CT molecular complexity index is 1100. The second-order valence-electron chi connectivity index (χ2n) is 6.54. The highest BCUT2D eigenvalue weighted by atomic mass is 19.1. The van der Waals surface area contributed by atoms with Gasteiger partial charge in [0.1, 0.15) is 18.1 Å². The van der Waals surface area contributed by atoms with E-state index in [9.17, 15) is 18.8 Å². The maximum Gasteiger partial charge on any atom is 0.231 e. The number of nitrogens with zero attached hydrogens (tertiary/aromatic N) is 3. The van der Waals surface area contributed by atoms with Crippen molar-refractivity contribution in [3.8, 4) is 17.3 Å². The minimum absolute atomic E-state index is 0.0484. The first kappa shape index (κ1) is 17.2. The summed E-state index contributed by atoms with van der Waals surface area (Å²) in [6, 6.07) is 8.85. The van der Waals surface area contributed by atoms with E-state index >= 15 is 0 Å². The zero-order valence-corrected chi connectivity index (χ0v) is 14.5. The number of aryl methyl sites for hydroxylation is 1. The molecule has 3 aromatic rings. The van der Waals surface area contributed by atoms with Crippen LogP contribution in [0.5, 0.6) is 0 Å². The monoisotopic (exact) mass is 366 g/mol. The molecule has 5 nitrogen and oxygen atoms in total. The van der Waals surface area contributed by atoms with Gasteiger partial charge in [-0.3, -0.25) is 4.79 Å². The third-order valence-electron chi connectivity index (χ3n) is 4.82. The number of anilines is 1. The minimum Gasteiger partial charge on any atom is -0.348 e. The molecule has 2 aromatic heterocycles. The van der Waals surface area contributed by atoms with E-state index in [0.29, 0.717) is 17.5 Å². The molecule has 1 fully saturated rings. The first-order valence-corrected chi connectivity index (χ1v) is 8.66. The zero-order chi connectivity index (χ0) is 19.1. The summed E-state index contributed by atoms with van der Waals surface area (Å²) in [4.78, 5) is 15.9. The van der Waals surface area contributed by atoms with E-state index in [1.807, 2.05) is 35.9 Å². The van der Waals surface area contributed by atoms with E-state index in [4.69, 9.17) is 0 Å². The fourth-order valence-electron chi connectivity index (χ4n) is 3.22. The van der Waals surface area contributed by atoms with Crippen LogP contribution in [0.4, 0.5) is 14.6 Å². The molecule has 4 rings (SSSR count). The highest BCUT2D eigenvalue weighted by Crippen LogP contribution is 2.35. The van der Waals surface area contributed by atoms with Gasteiger partial charge in [-0.1, -0.05) is 0 Å². The highest BCUT2D eigenvalue weighted by Gasteiger charge is 2.43. The number of alkyl halides is 1. The van der Waals surface area contributed by atoms with Crippen molar-refractivity contribution in [1.29, 1.82) is 5.26 Å². The van der Waals surface area contributed by atoms with E-state index in [0.717, 1.165) is 5.69 Å². The molecule has 1 saturated carbocycles. The molecule has 0 saturated heterocycles. The molecule has 1 aromatic carbocycles. The number of hydrogen-bond donors (Lipinski definition) is 1. The van der Waals surface area contributed by atoms with Gasteiger partial charge in [0.15, 0.2) is 5.82 Å². The number of amides is 1. The van der Waals surface area contributed by atoms with Crippen LogP contribution in [0.25, 0.3) is 22.0 Å². The smallest absolute Gasteiger partial charge is 0.231 e. The number of carbonyl (C=O) groups is 1. The van der Waals surface area contributed by atoms with Crippen molar-refractivity contribution in [3.63, 3.8) is 0 Å². The van der Waals surface area contributed by atoms with Crippen LogP contribution in [0.15, 0.2) is 36.7 Å². The maximum absolute atomic E-state index is 14.9. The molecule has 0 spiro atoms. The number of hydrogen-bond acceptors (Lipinski definition) is 3. The van der Waals surface area contributed by atoms with Crippen LogP contribution >= 0.6 is 0 Å². The van der Waals surface area contributed by atoms with Crippen LogP contribution in [0.1, 0.15) is 18.9 Å². The van der Waals surface area contributed by atoms with Gasteiger partial charge in [0.05, 0.1) is 11.5 Å². The van der Waals surface area contributed by atoms with Gasteiger partial charge in [-0.25, -0.2) is 13.8 Å². The number of carbonyl (C=O) groups excluding carboxylic acids is 1. The summed E-state index contributed by atoms with van der Waals surface area (Å²) >= 11 is 0. The van der Waals surface area contributed by atoms with Gasteiger partial charge in [0.2, 0.25) is 5.91 Å². The molecule has 0 aliphatic heterocycles. The molecule has 1 aliphatic carbocycles. The Balaban J connectivity index is 1.81. The summed E-state index contributed by atoms with van der Waals surface area (Å²) in [5, 5.41) is 12.7. The largest absolute Gasteiger partial charge is 0.348 e. The number of nitriles is 1. The topological polar surface area (TPSA) is 70.7 Å². The predicted molar refractivity (Wildman–Crippen MR) is 97.1 cm³/mol. The second-order valence-corrected chi connectivity index (χ2v) is 6.54. The lowest BCUT2D eigenvalue weighted by molar-refractivity contribution is -0.117. The molecule has 0 radical (unpaired) electrons. The van der Waals surface area contributed by atoms with Crippen molar-refractivity contribution in [2.75, 3.05) is 5.32 Å². The Labute approximate surface area is 154 Å². The molecule has 1 aliphatic rings. The average Bonchev–Trinajstić information content (AvgIpc) is 3.21. The summed E-state index contributed by atoms with van der Waals surface area (Å²) in [5.74, 6) is -1.48. The normalized spacial score (nSPS) is 18.3. The quantitative estimate of drug-likeness (QED) is 0.758. The Kier molecular flexibility index (Phi) is 4.11. The van der Waals surface area contributed by atoms with E-state index in [1.54, 1.807) is 6.07 Å². The molecule has 7 heteroatoms. The lowest BCUT2D eigenvalue weighted by Crippen LogP contribution is -2.15. The Morgan fingerprint density at radius 3 is 2.93 bits per heavy atom. The van der Waals surface area contributed by atoms with Crippen LogP contribution < -0.4 is 5.32 Å². The van der Waals surface area contributed by atoms with Gasteiger partial charge < -0.3 is 9.88 Å². The van der Waals surface area contributed by atoms with Gasteiger partial charge in [0.25, 0.3) is 0 Å². The lowest BCUT2D eigenvalue weighted by Gasteiger charge is -2.12. The van der Waals surface area contributed by atoms with Gasteiger partial charge in [-0.2, -0.15) is 5.26 Å². The van der Waals surface area contributed by atoms with Crippen molar-refractivity contribution < 1.29 is 13.6 Å². The first-order chi connectivity index (χ1) is 13.0. The summed E-state index contributed by atoms with van der Waals surface area (Å²) < 4.78 is 29.9. The maximum atomic E-state index is 14.9. The van der Waals surface area contributed by atoms with E-state index < -0.39 is 23.8 Å². The van der Waals surface area contributed by atoms with Crippen LogP contribution in [0.2, 0.25) is 0 Å². The molecule has 0 bridgehead atoms. The summed E-state index contributed by atoms with van der Waals surface area (Å²) in [6.45, 7) is 2.64. The van der Waals surface area contributed by atoms with Crippen molar-refractivity contribution in [3.05, 3.63) is 48.0 Å². The number of rotatable bonds is 4. The fourth-order valence-corrected chi connectivity index (χ4v) is 3.22. The molecular formula is C20H16F2N4O. The standard InChI is InChI=1S/C20H16F2N4O/c1-2-26-5-3-4-17(26)12-6-11-7-18(25-20(27)13-8-16(13)21)24-10-15(11)19(22)14(12)9-23/h3-7,10,13,16H,2,8H2,1H3,(H,24,25,27). The fraction of sp³-hybridized carbons (Fsp3) is 0.250. The van der Waals surface area contributed by atoms with Crippen molar-refractivity contribution >= 4 is 22.5 Å². The van der Waals surface area contributed by atoms with Crippen LogP contribution in [0, 0.1) is 23.1 Å².